The predicted molar refractivity (Wildman–Crippen MR) is 67.2 cm³/mol. The van der Waals surface area contributed by atoms with Crippen molar-refractivity contribution in [3.8, 4) is 11.5 Å². The summed E-state index contributed by atoms with van der Waals surface area (Å²) in [5.41, 5.74) is 0.350. The van der Waals surface area contributed by atoms with E-state index in [-0.39, 0.29) is 11.7 Å². The van der Waals surface area contributed by atoms with E-state index in [1.807, 2.05) is 0 Å². The molecule has 0 spiro atoms. The number of phenols is 1. The van der Waals surface area contributed by atoms with Crippen molar-refractivity contribution in [2.24, 2.45) is 0 Å². The van der Waals surface area contributed by atoms with Crippen molar-refractivity contribution in [1.82, 2.24) is 5.32 Å². The van der Waals surface area contributed by atoms with E-state index < -0.39 is 5.82 Å². The van der Waals surface area contributed by atoms with Gasteiger partial charge in [0.2, 0.25) is 0 Å². The van der Waals surface area contributed by atoms with Gasteiger partial charge < -0.3 is 15.2 Å². The molecular weight excluding hydrogens is 289 g/mol. The topological polar surface area (TPSA) is 41.5 Å². The van der Waals surface area contributed by atoms with Crippen LogP contribution in [0.1, 0.15) is 24.3 Å². The Morgan fingerprint density at radius 2 is 2.35 bits per heavy atom. The van der Waals surface area contributed by atoms with Gasteiger partial charge in [-0.25, -0.2) is 4.39 Å². The van der Waals surface area contributed by atoms with Crippen molar-refractivity contribution >= 4 is 15.9 Å². The Kier molecular flexibility index (Phi) is 3.89. The molecule has 0 amide bonds. The number of halogens is 2. The van der Waals surface area contributed by atoms with Gasteiger partial charge in [-0.15, -0.1) is 0 Å². The molecule has 0 saturated carbocycles. The Balaban J connectivity index is 2.46. The van der Waals surface area contributed by atoms with Crippen LogP contribution in [0.15, 0.2) is 10.5 Å². The van der Waals surface area contributed by atoms with Gasteiger partial charge in [0, 0.05) is 24.1 Å². The van der Waals surface area contributed by atoms with Gasteiger partial charge in [-0.3, -0.25) is 0 Å². The molecule has 17 heavy (non-hydrogen) atoms. The molecule has 1 heterocycles. The number of ether oxygens (including phenoxy) is 1. The summed E-state index contributed by atoms with van der Waals surface area (Å²) in [6.45, 7) is 1.63. The Bertz CT molecular complexity index is 419. The number of piperidine rings is 1. The van der Waals surface area contributed by atoms with Crippen LogP contribution in [-0.4, -0.2) is 25.3 Å². The van der Waals surface area contributed by atoms with Gasteiger partial charge in [0.25, 0.3) is 0 Å². The standard InChI is InChI=1S/C12H15BrFNO2/c1-17-9-5-8(13)11(14)10(12(9)16)7-3-2-4-15-6-7/h5,7,15-16H,2-4,6H2,1H3. The third kappa shape index (κ3) is 2.40. The zero-order valence-electron chi connectivity index (χ0n) is 9.59. The highest BCUT2D eigenvalue weighted by Gasteiger charge is 2.26. The first kappa shape index (κ1) is 12.6. The molecule has 1 atom stereocenters. The SMILES string of the molecule is COc1cc(Br)c(F)c(C2CCCNC2)c1O. The van der Waals surface area contributed by atoms with Gasteiger partial charge in [0.05, 0.1) is 11.6 Å². The van der Waals surface area contributed by atoms with E-state index in [2.05, 4.69) is 21.2 Å². The van der Waals surface area contributed by atoms with Crippen molar-refractivity contribution in [1.29, 1.82) is 0 Å². The van der Waals surface area contributed by atoms with Crippen LogP contribution in [0.3, 0.4) is 0 Å². The first-order chi connectivity index (χ1) is 8.15. The Morgan fingerprint density at radius 1 is 1.59 bits per heavy atom. The molecule has 1 aliphatic rings. The van der Waals surface area contributed by atoms with Crippen LogP contribution in [0.4, 0.5) is 4.39 Å². The molecule has 1 aromatic carbocycles. The largest absolute Gasteiger partial charge is 0.504 e. The molecular formula is C12H15BrFNO2. The van der Waals surface area contributed by atoms with Gasteiger partial charge in [0.1, 0.15) is 5.82 Å². The molecule has 1 fully saturated rings. The third-order valence-electron chi connectivity index (χ3n) is 3.12. The van der Waals surface area contributed by atoms with Crippen LogP contribution in [0, 0.1) is 5.82 Å². The lowest BCUT2D eigenvalue weighted by atomic mass is 9.90. The van der Waals surface area contributed by atoms with Crippen LogP contribution in [0.2, 0.25) is 0 Å². The molecule has 5 heteroatoms. The summed E-state index contributed by atoms with van der Waals surface area (Å²) in [7, 11) is 1.46. The van der Waals surface area contributed by atoms with Gasteiger partial charge in [0.15, 0.2) is 11.5 Å². The van der Waals surface area contributed by atoms with E-state index >= 15 is 0 Å². The summed E-state index contributed by atoms with van der Waals surface area (Å²) < 4.78 is 19.4. The molecule has 1 saturated heterocycles. The molecule has 0 aromatic heterocycles. The lowest BCUT2D eigenvalue weighted by molar-refractivity contribution is 0.356. The summed E-state index contributed by atoms with van der Waals surface area (Å²) in [6.07, 6.45) is 1.86. The molecule has 3 nitrogen and oxygen atoms in total. The maximum atomic E-state index is 14.1. The average molecular weight is 304 g/mol. The van der Waals surface area contributed by atoms with Crippen molar-refractivity contribution in [3.05, 3.63) is 21.9 Å². The molecule has 1 unspecified atom stereocenters. The van der Waals surface area contributed by atoms with E-state index in [4.69, 9.17) is 4.74 Å². The highest BCUT2D eigenvalue weighted by atomic mass is 79.9. The van der Waals surface area contributed by atoms with Crippen molar-refractivity contribution in [2.75, 3.05) is 20.2 Å². The monoisotopic (exact) mass is 303 g/mol. The maximum absolute atomic E-state index is 14.1. The highest BCUT2D eigenvalue weighted by molar-refractivity contribution is 9.10. The van der Waals surface area contributed by atoms with Gasteiger partial charge in [-0.05, 0) is 35.3 Å². The lowest BCUT2D eigenvalue weighted by Crippen LogP contribution is -2.29. The van der Waals surface area contributed by atoms with Crippen LogP contribution < -0.4 is 10.1 Å². The Hall–Kier alpha value is -0.810. The van der Waals surface area contributed by atoms with Gasteiger partial charge in [-0.2, -0.15) is 0 Å². The highest BCUT2D eigenvalue weighted by Crippen LogP contribution is 2.42. The molecule has 1 aliphatic heterocycles. The number of methoxy groups -OCH3 is 1. The average Bonchev–Trinajstić information content (AvgIpc) is 2.35. The summed E-state index contributed by atoms with van der Waals surface area (Å²) in [5.74, 6) is -0.173. The summed E-state index contributed by atoms with van der Waals surface area (Å²) >= 11 is 3.15. The van der Waals surface area contributed by atoms with Crippen LogP contribution in [0.25, 0.3) is 0 Å². The Labute approximate surface area is 108 Å². The molecule has 2 N–H and O–H groups in total. The smallest absolute Gasteiger partial charge is 0.164 e. The lowest BCUT2D eigenvalue weighted by Gasteiger charge is -2.25. The van der Waals surface area contributed by atoms with Crippen molar-refractivity contribution < 1.29 is 14.2 Å². The second kappa shape index (κ2) is 5.23. The number of hydrogen-bond donors (Lipinski definition) is 2. The zero-order chi connectivity index (χ0) is 12.4. The first-order valence-corrected chi connectivity index (χ1v) is 6.40. The minimum atomic E-state index is -0.392. The minimum absolute atomic E-state index is 0.00449. The quantitative estimate of drug-likeness (QED) is 0.883. The van der Waals surface area contributed by atoms with Crippen molar-refractivity contribution in [3.63, 3.8) is 0 Å². The van der Waals surface area contributed by atoms with Gasteiger partial charge in [-0.1, -0.05) is 0 Å². The van der Waals surface area contributed by atoms with Crippen LogP contribution >= 0.6 is 15.9 Å². The third-order valence-corrected chi connectivity index (χ3v) is 3.69. The number of benzene rings is 1. The van der Waals surface area contributed by atoms with Crippen LogP contribution in [0.5, 0.6) is 11.5 Å². The number of aromatic hydroxyl groups is 1. The molecule has 0 aliphatic carbocycles. The number of hydrogen-bond acceptors (Lipinski definition) is 3. The summed E-state index contributed by atoms with van der Waals surface area (Å²) in [6, 6.07) is 1.45. The van der Waals surface area contributed by atoms with E-state index in [0.717, 1.165) is 19.4 Å². The number of phenolic OH excluding ortho intramolecular Hbond substituents is 1. The van der Waals surface area contributed by atoms with Crippen molar-refractivity contribution in [2.45, 2.75) is 18.8 Å². The maximum Gasteiger partial charge on any atom is 0.164 e. The summed E-state index contributed by atoms with van der Waals surface area (Å²) in [5, 5.41) is 13.2. The molecule has 0 radical (unpaired) electrons. The first-order valence-electron chi connectivity index (χ1n) is 5.60. The summed E-state index contributed by atoms with van der Waals surface area (Å²) in [4.78, 5) is 0. The normalized spacial score (nSPS) is 20.3. The fourth-order valence-corrected chi connectivity index (χ4v) is 2.66. The molecule has 0 bridgehead atoms. The van der Waals surface area contributed by atoms with E-state index in [9.17, 15) is 9.50 Å². The second-order valence-corrected chi connectivity index (χ2v) is 5.03. The molecule has 94 valence electrons. The van der Waals surface area contributed by atoms with Crippen LogP contribution in [-0.2, 0) is 0 Å². The zero-order valence-corrected chi connectivity index (χ0v) is 11.2. The van der Waals surface area contributed by atoms with E-state index in [0.29, 0.717) is 22.3 Å². The van der Waals surface area contributed by atoms with E-state index in [1.165, 1.54) is 13.2 Å². The van der Waals surface area contributed by atoms with E-state index in [1.54, 1.807) is 0 Å². The fourth-order valence-electron chi connectivity index (χ4n) is 2.24. The Morgan fingerprint density at radius 3 is 2.94 bits per heavy atom. The second-order valence-electron chi connectivity index (χ2n) is 4.18. The fraction of sp³-hybridized carbons (Fsp3) is 0.500. The minimum Gasteiger partial charge on any atom is -0.504 e. The van der Waals surface area contributed by atoms with Gasteiger partial charge >= 0.3 is 0 Å². The predicted octanol–water partition coefficient (Wildman–Crippen LogP) is 2.77. The molecule has 2 rings (SSSR count). The number of rotatable bonds is 2. The number of nitrogens with one attached hydrogen (secondary N) is 1. The molecule has 1 aromatic rings.